The highest BCUT2D eigenvalue weighted by molar-refractivity contribution is 5.51. The second-order valence-electron chi connectivity index (χ2n) is 5.78. The van der Waals surface area contributed by atoms with Crippen LogP contribution in [0.1, 0.15) is 58.3 Å². The van der Waals surface area contributed by atoms with Crippen LogP contribution in [0.5, 0.6) is 0 Å². The molecule has 3 heteroatoms. The summed E-state index contributed by atoms with van der Waals surface area (Å²) in [5.41, 5.74) is 0. The highest BCUT2D eigenvalue weighted by Crippen LogP contribution is 2.09. The van der Waals surface area contributed by atoms with Crippen molar-refractivity contribution in [2.75, 3.05) is 39.3 Å². The van der Waals surface area contributed by atoms with Crippen molar-refractivity contribution in [1.82, 2.24) is 9.80 Å². The van der Waals surface area contributed by atoms with Crippen LogP contribution in [0.25, 0.3) is 0 Å². The fourth-order valence-electron chi connectivity index (χ4n) is 2.77. The number of hydrogen-bond donors (Lipinski definition) is 0. The fraction of sp³-hybridized carbons (Fsp3) is 0.938. The molecule has 1 fully saturated rings. The lowest BCUT2D eigenvalue weighted by Crippen LogP contribution is -2.46. The molecule has 0 N–H and O–H groups in total. The number of nitrogens with zero attached hydrogens (tertiary/aromatic N) is 2. The van der Waals surface area contributed by atoms with Crippen molar-refractivity contribution in [2.24, 2.45) is 0 Å². The number of unbranched alkanes of at least 4 members (excludes halogenated alkanes) is 7. The summed E-state index contributed by atoms with van der Waals surface area (Å²) in [4.78, 5) is 15.2. The van der Waals surface area contributed by atoms with Crippen LogP contribution in [0.4, 0.5) is 0 Å². The Morgan fingerprint density at radius 2 is 1.32 bits per heavy atom. The van der Waals surface area contributed by atoms with Crippen LogP contribution in [0.2, 0.25) is 0 Å². The lowest BCUT2D eigenvalue weighted by Gasteiger charge is -2.33. The largest absolute Gasteiger partial charge is 0.302 e. The van der Waals surface area contributed by atoms with E-state index in [1.165, 1.54) is 57.9 Å². The van der Waals surface area contributed by atoms with Gasteiger partial charge in [0.15, 0.2) is 0 Å². The van der Waals surface area contributed by atoms with Crippen LogP contribution in [0.3, 0.4) is 0 Å². The van der Waals surface area contributed by atoms with Gasteiger partial charge in [0, 0.05) is 26.2 Å². The number of piperazine rings is 1. The lowest BCUT2D eigenvalue weighted by molar-refractivity contribution is -0.109. The minimum atomic E-state index is 0.617. The van der Waals surface area contributed by atoms with Crippen molar-refractivity contribution in [3.8, 4) is 0 Å². The van der Waals surface area contributed by atoms with E-state index >= 15 is 0 Å². The summed E-state index contributed by atoms with van der Waals surface area (Å²) in [6, 6.07) is 0. The van der Waals surface area contributed by atoms with E-state index in [4.69, 9.17) is 0 Å². The maximum Gasteiger partial charge on any atom is 0.133 e. The Balaban J connectivity index is 1.86. The molecule has 0 aromatic carbocycles. The summed E-state index contributed by atoms with van der Waals surface area (Å²) in [5, 5.41) is 0. The number of carbonyl (C=O) groups excluding carboxylic acids is 1. The van der Waals surface area contributed by atoms with E-state index in [-0.39, 0.29) is 0 Å². The molecule has 0 saturated carbocycles. The minimum absolute atomic E-state index is 0.617. The average molecular weight is 268 g/mol. The fourth-order valence-corrected chi connectivity index (χ4v) is 2.77. The third-order valence-electron chi connectivity index (χ3n) is 4.13. The maximum absolute atomic E-state index is 10.4. The topological polar surface area (TPSA) is 23.6 Å². The van der Waals surface area contributed by atoms with E-state index in [9.17, 15) is 4.79 Å². The van der Waals surface area contributed by atoms with Gasteiger partial charge in [0.2, 0.25) is 0 Å². The molecule has 0 amide bonds. The van der Waals surface area contributed by atoms with Gasteiger partial charge in [-0.05, 0) is 13.0 Å². The molecule has 3 nitrogen and oxygen atoms in total. The van der Waals surface area contributed by atoms with Crippen LogP contribution < -0.4 is 0 Å². The monoisotopic (exact) mass is 268 g/mol. The van der Waals surface area contributed by atoms with Gasteiger partial charge in [-0.1, -0.05) is 51.9 Å². The Bertz CT molecular complexity index is 213. The molecular formula is C16H32N2O. The van der Waals surface area contributed by atoms with Gasteiger partial charge in [0.05, 0.1) is 6.54 Å². The number of rotatable bonds is 11. The Morgan fingerprint density at radius 1 is 0.789 bits per heavy atom. The third-order valence-corrected chi connectivity index (χ3v) is 4.13. The molecule has 0 bridgehead atoms. The molecule has 0 radical (unpaired) electrons. The molecular weight excluding hydrogens is 236 g/mol. The predicted molar refractivity (Wildman–Crippen MR) is 81.6 cm³/mol. The molecule has 1 heterocycles. The summed E-state index contributed by atoms with van der Waals surface area (Å²) in [6.07, 6.45) is 12.2. The van der Waals surface area contributed by atoms with Crippen molar-refractivity contribution in [3.05, 3.63) is 0 Å². The molecule has 0 aromatic heterocycles. The molecule has 0 unspecified atom stereocenters. The van der Waals surface area contributed by atoms with E-state index in [0.29, 0.717) is 6.54 Å². The molecule has 0 atom stereocenters. The Labute approximate surface area is 119 Å². The van der Waals surface area contributed by atoms with Crippen molar-refractivity contribution >= 4 is 6.29 Å². The first-order chi connectivity index (χ1) is 9.36. The summed E-state index contributed by atoms with van der Waals surface area (Å²) in [5.74, 6) is 0. The van der Waals surface area contributed by atoms with Crippen molar-refractivity contribution in [2.45, 2.75) is 58.3 Å². The van der Waals surface area contributed by atoms with Crippen LogP contribution in [-0.4, -0.2) is 55.4 Å². The second-order valence-corrected chi connectivity index (χ2v) is 5.78. The molecule has 19 heavy (non-hydrogen) atoms. The Hall–Kier alpha value is -0.410. The van der Waals surface area contributed by atoms with Gasteiger partial charge in [-0.3, -0.25) is 4.90 Å². The highest BCUT2D eigenvalue weighted by Gasteiger charge is 2.15. The second kappa shape index (κ2) is 11.4. The molecule has 112 valence electrons. The van der Waals surface area contributed by atoms with E-state index in [0.717, 1.165) is 32.5 Å². The van der Waals surface area contributed by atoms with Crippen molar-refractivity contribution in [3.63, 3.8) is 0 Å². The van der Waals surface area contributed by atoms with Gasteiger partial charge in [-0.2, -0.15) is 0 Å². The van der Waals surface area contributed by atoms with Crippen molar-refractivity contribution in [1.29, 1.82) is 0 Å². The summed E-state index contributed by atoms with van der Waals surface area (Å²) < 4.78 is 0. The first-order valence-electron chi connectivity index (χ1n) is 8.25. The average Bonchev–Trinajstić information content (AvgIpc) is 2.44. The summed E-state index contributed by atoms with van der Waals surface area (Å²) in [6.45, 7) is 8.56. The van der Waals surface area contributed by atoms with Gasteiger partial charge in [0.25, 0.3) is 0 Å². The normalized spacial score (nSPS) is 17.7. The standard InChI is InChI=1S/C16H32N2O/c1-2-3-4-5-6-7-8-9-10-17-11-13-18(14-12-17)15-16-19/h16H,2-15H2,1H3. The minimum Gasteiger partial charge on any atom is -0.302 e. The van der Waals surface area contributed by atoms with Crippen LogP contribution >= 0.6 is 0 Å². The van der Waals surface area contributed by atoms with Gasteiger partial charge in [0.1, 0.15) is 6.29 Å². The SMILES string of the molecule is CCCCCCCCCCN1CCN(CC=O)CC1. The van der Waals surface area contributed by atoms with Gasteiger partial charge in [-0.25, -0.2) is 0 Å². The number of carbonyl (C=O) groups is 1. The molecule has 1 aliphatic heterocycles. The lowest BCUT2D eigenvalue weighted by atomic mass is 10.1. The zero-order valence-electron chi connectivity index (χ0n) is 12.8. The number of aldehydes is 1. The molecule has 0 aliphatic carbocycles. The van der Waals surface area contributed by atoms with Crippen molar-refractivity contribution < 1.29 is 4.79 Å². The highest BCUT2D eigenvalue weighted by atomic mass is 16.1. The van der Waals surface area contributed by atoms with Gasteiger partial charge < -0.3 is 9.69 Å². The number of hydrogen-bond acceptors (Lipinski definition) is 3. The van der Waals surface area contributed by atoms with Gasteiger partial charge in [-0.15, -0.1) is 0 Å². The van der Waals surface area contributed by atoms with Gasteiger partial charge >= 0.3 is 0 Å². The van der Waals surface area contributed by atoms with E-state index < -0.39 is 0 Å². The Kier molecular flexibility index (Phi) is 10.0. The zero-order chi connectivity index (χ0) is 13.8. The molecule has 1 rings (SSSR count). The summed E-state index contributed by atoms with van der Waals surface area (Å²) in [7, 11) is 0. The van der Waals surface area contributed by atoms with Crippen LogP contribution in [0.15, 0.2) is 0 Å². The zero-order valence-corrected chi connectivity index (χ0v) is 12.8. The molecule has 1 aliphatic rings. The molecule has 0 spiro atoms. The quantitative estimate of drug-likeness (QED) is 0.425. The first kappa shape index (κ1) is 16.6. The molecule has 0 aromatic rings. The maximum atomic E-state index is 10.4. The molecule has 1 saturated heterocycles. The Morgan fingerprint density at radius 3 is 1.89 bits per heavy atom. The third kappa shape index (κ3) is 8.38. The first-order valence-corrected chi connectivity index (χ1v) is 8.25. The van der Waals surface area contributed by atoms with Crippen LogP contribution in [-0.2, 0) is 4.79 Å². The smallest absolute Gasteiger partial charge is 0.133 e. The van der Waals surface area contributed by atoms with E-state index in [2.05, 4.69) is 16.7 Å². The van der Waals surface area contributed by atoms with E-state index in [1.807, 2.05) is 0 Å². The summed E-state index contributed by atoms with van der Waals surface area (Å²) >= 11 is 0. The van der Waals surface area contributed by atoms with E-state index in [1.54, 1.807) is 0 Å². The van der Waals surface area contributed by atoms with Crippen LogP contribution in [0, 0.1) is 0 Å². The predicted octanol–water partition coefficient (Wildman–Crippen LogP) is 2.94.